The zero-order valence-electron chi connectivity index (χ0n) is 6.00. The van der Waals surface area contributed by atoms with Crippen molar-refractivity contribution in [1.29, 1.82) is 0 Å². The molecule has 2 nitrogen and oxygen atoms in total. The van der Waals surface area contributed by atoms with E-state index in [0.717, 1.165) is 9.39 Å². The van der Waals surface area contributed by atoms with Crippen LogP contribution in [0.25, 0.3) is 0 Å². The van der Waals surface area contributed by atoms with Crippen molar-refractivity contribution < 1.29 is 0 Å². The Morgan fingerprint density at radius 3 is 2.30 bits per heavy atom. The summed E-state index contributed by atoms with van der Waals surface area (Å²) in [5.41, 5.74) is 1.09. The van der Waals surface area contributed by atoms with Gasteiger partial charge in [0.15, 0.2) is 0 Å². The molecule has 0 aromatic carbocycles. The first-order chi connectivity index (χ1) is 4.72. The Morgan fingerprint density at radius 1 is 1.30 bits per heavy atom. The summed E-state index contributed by atoms with van der Waals surface area (Å²) in [5.74, 6) is 0.473. The summed E-state index contributed by atoms with van der Waals surface area (Å²) in [7, 11) is 0. The molecule has 1 heterocycles. The van der Waals surface area contributed by atoms with E-state index in [2.05, 4.69) is 46.4 Å². The quantitative estimate of drug-likeness (QED) is 0.712. The highest BCUT2D eigenvalue weighted by atomic mass is 127. The third-order valence-electron chi connectivity index (χ3n) is 1.23. The molecule has 0 fully saturated rings. The molecule has 1 aromatic heterocycles. The predicted molar refractivity (Wildman–Crippen MR) is 48.8 cm³/mol. The molecule has 3 heteroatoms. The minimum atomic E-state index is 0.473. The second-order valence-corrected chi connectivity index (χ2v) is 3.41. The van der Waals surface area contributed by atoms with Crippen LogP contribution in [0.3, 0.4) is 0 Å². The third-order valence-corrected chi connectivity index (χ3v) is 2.06. The van der Waals surface area contributed by atoms with Gasteiger partial charge in [0.2, 0.25) is 0 Å². The fraction of sp³-hybridized carbons (Fsp3) is 0.429. The van der Waals surface area contributed by atoms with Crippen molar-refractivity contribution in [3.8, 4) is 0 Å². The maximum absolute atomic E-state index is 4.21. The summed E-state index contributed by atoms with van der Waals surface area (Å²) in [4.78, 5) is 8.33. The Hall–Kier alpha value is -0.190. The van der Waals surface area contributed by atoms with Gasteiger partial charge in [-0.05, 0) is 28.5 Å². The van der Waals surface area contributed by atoms with Crippen LogP contribution in [-0.2, 0) is 0 Å². The molecule has 0 amide bonds. The van der Waals surface area contributed by atoms with Crippen LogP contribution >= 0.6 is 22.6 Å². The Labute approximate surface area is 74.2 Å². The molecular weight excluding hydrogens is 239 g/mol. The van der Waals surface area contributed by atoms with Crippen LogP contribution in [0.5, 0.6) is 0 Å². The van der Waals surface area contributed by atoms with Crippen LogP contribution in [0.2, 0.25) is 0 Å². The van der Waals surface area contributed by atoms with E-state index in [4.69, 9.17) is 0 Å². The Morgan fingerprint density at radius 2 is 1.90 bits per heavy atom. The van der Waals surface area contributed by atoms with Crippen LogP contribution in [0, 0.1) is 3.70 Å². The fourth-order valence-corrected chi connectivity index (χ4v) is 1.64. The molecule has 1 rings (SSSR count). The fourth-order valence-electron chi connectivity index (χ4n) is 0.719. The first kappa shape index (κ1) is 7.91. The molecule has 0 aliphatic rings. The van der Waals surface area contributed by atoms with Crippen LogP contribution in [-0.4, -0.2) is 9.97 Å². The zero-order chi connectivity index (χ0) is 7.56. The van der Waals surface area contributed by atoms with Gasteiger partial charge in [-0.1, -0.05) is 13.8 Å². The van der Waals surface area contributed by atoms with Gasteiger partial charge in [-0.15, -0.1) is 0 Å². The van der Waals surface area contributed by atoms with E-state index in [1.807, 2.05) is 0 Å². The average Bonchev–Trinajstić information content (AvgIpc) is 1.88. The van der Waals surface area contributed by atoms with Gasteiger partial charge in [0.1, 0.15) is 3.70 Å². The molecule has 0 radical (unpaired) electrons. The predicted octanol–water partition coefficient (Wildman–Crippen LogP) is 2.20. The van der Waals surface area contributed by atoms with E-state index in [0.29, 0.717) is 5.92 Å². The molecule has 0 aliphatic carbocycles. The molecule has 0 N–H and O–H groups in total. The second kappa shape index (κ2) is 3.27. The Kier molecular flexibility index (Phi) is 2.59. The molecule has 0 saturated carbocycles. The summed E-state index contributed by atoms with van der Waals surface area (Å²) in [5, 5.41) is 0. The zero-order valence-corrected chi connectivity index (χ0v) is 8.16. The highest BCUT2D eigenvalue weighted by Gasteiger charge is 2.04. The van der Waals surface area contributed by atoms with Crippen LogP contribution in [0.15, 0.2) is 12.4 Å². The lowest BCUT2D eigenvalue weighted by Crippen LogP contribution is -1.97. The van der Waals surface area contributed by atoms with Crippen LogP contribution in [0.1, 0.15) is 25.5 Å². The Bertz CT molecular complexity index is 223. The molecule has 0 spiro atoms. The second-order valence-electron chi connectivity index (χ2n) is 2.39. The molecular formula is C7H9IN2. The largest absolute Gasteiger partial charge is 0.257 e. The van der Waals surface area contributed by atoms with E-state index in [-0.39, 0.29) is 0 Å². The molecule has 0 atom stereocenters. The Balaban J connectivity index is 3.03. The van der Waals surface area contributed by atoms with Gasteiger partial charge >= 0.3 is 0 Å². The summed E-state index contributed by atoms with van der Waals surface area (Å²) in [6.07, 6.45) is 3.45. The van der Waals surface area contributed by atoms with Crippen LogP contribution < -0.4 is 0 Å². The van der Waals surface area contributed by atoms with Gasteiger partial charge in [-0.2, -0.15) is 0 Å². The monoisotopic (exact) mass is 248 g/mol. The maximum atomic E-state index is 4.21. The van der Waals surface area contributed by atoms with Crippen molar-refractivity contribution in [1.82, 2.24) is 9.97 Å². The molecule has 0 bridgehead atoms. The van der Waals surface area contributed by atoms with E-state index < -0.39 is 0 Å². The smallest absolute Gasteiger partial charge is 0.123 e. The van der Waals surface area contributed by atoms with E-state index >= 15 is 0 Å². The van der Waals surface area contributed by atoms with E-state index in [1.54, 1.807) is 12.4 Å². The number of aromatic nitrogens is 2. The standard InChI is InChI=1S/C7H9IN2/c1-5(2)6-7(8)10-4-3-9-6/h3-5H,1-2H3. The number of halogens is 1. The van der Waals surface area contributed by atoms with Gasteiger partial charge in [0.25, 0.3) is 0 Å². The summed E-state index contributed by atoms with van der Waals surface area (Å²) in [6.45, 7) is 4.23. The highest BCUT2D eigenvalue weighted by molar-refractivity contribution is 14.1. The molecule has 1 aromatic rings. The van der Waals surface area contributed by atoms with Gasteiger partial charge in [0, 0.05) is 12.4 Å². The van der Waals surface area contributed by atoms with Gasteiger partial charge in [0.05, 0.1) is 5.69 Å². The van der Waals surface area contributed by atoms with Crippen molar-refractivity contribution in [3.63, 3.8) is 0 Å². The summed E-state index contributed by atoms with van der Waals surface area (Å²) >= 11 is 2.20. The van der Waals surface area contributed by atoms with Crippen molar-refractivity contribution in [3.05, 3.63) is 21.8 Å². The third kappa shape index (κ3) is 1.65. The van der Waals surface area contributed by atoms with Crippen molar-refractivity contribution in [2.45, 2.75) is 19.8 Å². The number of nitrogens with zero attached hydrogens (tertiary/aromatic N) is 2. The first-order valence-corrected chi connectivity index (χ1v) is 4.26. The minimum absolute atomic E-state index is 0.473. The minimum Gasteiger partial charge on any atom is -0.257 e. The van der Waals surface area contributed by atoms with Crippen molar-refractivity contribution in [2.24, 2.45) is 0 Å². The molecule has 0 saturated heterocycles. The lowest BCUT2D eigenvalue weighted by atomic mass is 10.1. The first-order valence-electron chi connectivity index (χ1n) is 3.18. The molecule has 10 heavy (non-hydrogen) atoms. The van der Waals surface area contributed by atoms with E-state index in [9.17, 15) is 0 Å². The van der Waals surface area contributed by atoms with Gasteiger partial charge in [-0.25, -0.2) is 4.98 Å². The number of hydrogen-bond acceptors (Lipinski definition) is 2. The van der Waals surface area contributed by atoms with Gasteiger partial charge in [-0.3, -0.25) is 4.98 Å². The molecule has 0 aliphatic heterocycles. The highest BCUT2D eigenvalue weighted by Crippen LogP contribution is 2.15. The van der Waals surface area contributed by atoms with Gasteiger partial charge < -0.3 is 0 Å². The lowest BCUT2D eigenvalue weighted by Gasteiger charge is -2.03. The lowest BCUT2D eigenvalue weighted by molar-refractivity contribution is 0.800. The number of hydrogen-bond donors (Lipinski definition) is 0. The average molecular weight is 248 g/mol. The van der Waals surface area contributed by atoms with E-state index in [1.165, 1.54) is 0 Å². The summed E-state index contributed by atoms with van der Waals surface area (Å²) < 4.78 is 1.01. The normalized spacial score (nSPS) is 10.4. The van der Waals surface area contributed by atoms with Crippen LogP contribution in [0.4, 0.5) is 0 Å². The SMILES string of the molecule is CC(C)c1nccnc1I. The topological polar surface area (TPSA) is 25.8 Å². The maximum Gasteiger partial charge on any atom is 0.123 e. The van der Waals surface area contributed by atoms with Crippen molar-refractivity contribution >= 4 is 22.6 Å². The molecule has 54 valence electrons. The summed E-state index contributed by atoms with van der Waals surface area (Å²) in [6, 6.07) is 0. The molecule has 0 unspecified atom stereocenters. The number of rotatable bonds is 1. The van der Waals surface area contributed by atoms with Crippen molar-refractivity contribution in [2.75, 3.05) is 0 Å².